The van der Waals surface area contributed by atoms with Crippen LogP contribution in [0.5, 0.6) is 0 Å². The van der Waals surface area contributed by atoms with Crippen LogP contribution >= 0.6 is 0 Å². The largest absolute Gasteiger partial charge is 0.422 e. The lowest BCUT2D eigenvalue weighted by Gasteiger charge is -2.10. The summed E-state index contributed by atoms with van der Waals surface area (Å²) in [6, 6.07) is 20.6. The Morgan fingerprint density at radius 1 is 0.724 bits per heavy atom. The van der Waals surface area contributed by atoms with E-state index in [1.807, 2.05) is 0 Å². The molecular formula is C24H14F2O3. The summed E-state index contributed by atoms with van der Waals surface area (Å²) in [4.78, 5) is 26.0. The molecule has 0 N–H and O–H groups in total. The molecule has 0 aliphatic carbocycles. The van der Waals surface area contributed by atoms with Gasteiger partial charge in [0.25, 0.3) is 0 Å². The Morgan fingerprint density at radius 2 is 1.31 bits per heavy atom. The molecule has 4 aromatic rings. The summed E-state index contributed by atoms with van der Waals surface area (Å²) in [5.41, 5.74) is 0.764. The van der Waals surface area contributed by atoms with Gasteiger partial charge in [-0.05, 0) is 60.2 Å². The summed E-state index contributed by atoms with van der Waals surface area (Å²) in [7, 11) is 0. The fourth-order valence-corrected chi connectivity index (χ4v) is 3.06. The minimum absolute atomic E-state index is 0.116. The highest BCUT2D eigenvalue weighted by atomic mass is 19.1. The van der Waals surface area contributed by atoms with Crippen molar-refractivity contribution in [2.45, 2.75) is 0 Å². The van der Waals surface area contributed by atoms with Crippen LogP contribution in [0, 0.1) is 11.6 Å². The van der Waals surface area contributed by atoms with Gasteiger partial charge in [0.2, 0.25) is 0 Å². The van der Waals surface area contributed by atoms with E-state index in [4.69, 9.17) is 4.42 Å². The van der Waals surface area contributed by atoms with Gasteiger partial charge in [0.05, 0.1) is 5.56 Å². The third-order valence-corrected chi connectivity index (χ3v) is 4.49. The first-order valence-corrected chi connectivity index (χ1v) is 8.83. The Balaban J connectivity index is 1.94. The maximum atomic E-state index is 13.3. The highest BCUT2D eigenvalue weighted by Gasteiger charge is 2.21. The Morgan fingerprint density at radius 3 is 1.93 bits per heavy atom. The Hall–Kier alpha value is -3.86. The normalized spacial score (nSPS) is 10.7. The number of hydrogen-bond acceptors (Lipinski definition) is 3. The van der Waals surface area contributed by atoms with Gasteiger partial charge in [-0.25, -0.2) is 13.6 Å². The van der Waals surface area contributed by atoms with Crippen LogP contribution in [-0.2, 0) is 0 Å². The molecule has 4 rings (SSSR count). The first-order chi connectivity index (χ1) is 14.0. The minimum Gasteiger partial charge on any atom is -0.422 e. The summed E-state index contributed by atoms with van der Waals surface area (Å²) in [6.07, 6.45) is 0. The molecule has 0 fully saturated rings. The van der Waals surface area contributed by atoms with Gasteiger partial charge < -0.3 is 4.42 Å². The van der Waals surface area contributed by atoms with E-state index in [9.17, 15) is 18.4 Å². The predicted molar refractivity (Wildman–Crippen MR) is 106 cm³/mol. The summed E-state index contributed by atoms with van der Waals surface area (Å²) in [5, 5.41) is 0. The second-order valence-electron chi connectivity index (χ2n) is 6.40. The van der Waals surface area contributed by atoms with Crippen LogP contribution in [0.15, 0.2) is 94.1 Å². The summed E-state index contributed by atoms with van der Waals surface area (Å²) < 4.78 is 32.0. The second kappa shape index (κ2) is 7.64. The fraction of sp³-hybridized carbons (Fsp3) is 0. The topological polar surface area (TPSA) is 47.3 Å². The molecule has 3 nitrogen and oxygen atoms in total. The van der Waals surface area contributed by atoms with Gasteiger partial charge in [-0.1, -0.05) is 30.3 Å². The van der Waals surface area contributed by atoms with E-state index in [1.54, 1.807) is 30.3 Å². The van der Waals surface area contributed by atoms with Gasteiger partial charge in [-0.15, -0.1) is 0 Å². The SMILES string of the molecule is O=C(c1ccc(F)cc1)c1cc(-c2ccc(F)cc2)oc(=O)c1-c1ccccc1. The third kappa shape index (κ3) is 3.75. The number of benzene rings is 3. The monoisotopic (exact) mass is 388 g/mol. The number of rotatable bonds is 4. The Labute approximate surface area is 164 Å². The molecule has 5 heteroatoms. The van der Waals surface area contributed by atoms with Crippen molar-refractivity contribution >= 4 is 5.78 Å². The quantitative estimate of drug-likeness (QED) is 0.435. The van der Waals surface area contributed by atoms with Crippen LogP contribution in [0.25, 0.3) is 22.5 Å². The first-order valence-electron chi connectivity index (χ1n) is 8.83. The smallest absolute Gasteiger partial charge is 0.344 e. The van der Waals surface area contributed by atoms with E-state index in [1.165, 1.54) is 54.6 Å². The summed E-state index contributed by atoms with van der Waals surface area (Å²) in [6.45, 7) is 0. The Bertz CT molecular complexity index is 1230. The minimum atomic E-state index is -0.691. The average Bonchev–Trinajstić information content (AvgIpc) is 2.74. The molecule has 1 heterocycles. The van der Waals surface area contributed by atoms with Crippen LogP contribution in [0.4, 0.5) is 8.78 Å². The van der Waals surface area contributed by atoms with Crippen LogP contribution < -0.4 is 5.63 Å². The first kappa shape index (κ1) is 18.5. The molecule has 0 unspecified atom stereocenters. The number of halogens is 2. The van der Waals surface area contributed by atoms with Gasteiger partial charge in [0.15, 0.2) is 5.78 Å². The molecule has 0 bridgehead atoms. The molecule has 0 saturated heterocycles. The van der Waals surface area contributed by atoms with Crippen molar-refractivity contribution < 1.29 is 18.0 Å². The Kier molecular flexibility index (Phi) is 4.87. The van der Waals surface area contributed by atoms with E-state index in [2.05, 4.69) is 0 Å². The molecule has 29 heavy (non-hydrogen) atoms. The van der Waals surface area contributed by atoms with E-state index in [0.29, 0.717) is 11.1 Å². The average molecular weight is 388 g/mol. The second-order valence-corrected chi connectivity index (χ2v) is 6.40. The maximum absolute atomic E-state index is 13.3. The lowest BCUT2D eigenvalue weighted by molar-refractivity contribution is 0.103. The number of carbonyl (C=O) groups is 1. The molecule has 0 radical (unpaired) electrons. The van der Waals surface area contributed by atoms with E-state index in [-0.39, 0.29) is 22.5 Å². The van der Waals surface area contributed by atoms with Gasteiger partial charge in [0, 0.05) is 16.7 Å². The van der Waals surface area contributed by atoms with Gasteiger partial charge in [-0.2, -0.15) is 0 Å². The molecule has 0 saturated carbocycles. The molecule has 0 aliphatic heterocycles. The predicted octanol–water partition coefficient (Wildman–Crippen LogP) is 5.48. The van der Waals surface area contributed by atoms with E-state index < -0.39 is 23.0 Å². The molecule has 0 atom stereocenters. The van der Waals surface area contributed by atoms with Crippen LogP contribution in [-0.4, -0.2) is 5.78 Å². The van der Waals surface area contributed by atoms with Crippen molar-refractivity contribution in [3.63, 3.8) is 0 Å². The molecule has 3 aromatic carbocycles. The van der Waals surface area contributed by atoms with Crippen molar-refractivity contribution in [2.75, 3.05) is 0 Å². The summed E-state index contributed by atoms with van der Waals surface area (Å²) >= 11 is 0. The lowest BCUT2D eigenvalue weighted by atomic mass is 9.94. The summed E-state index contributed by atoms with van der Waals surface area (Å²) in [5.74, 6) is -1.20. The molecule has 0 aliphatic rings. The van der Waals surface area contributed by atoms with Crippen molar-refractivity contribution in [3.8, 4) is 22.5 Å². The highest BCUT2D eigenvalue weighted by molar-refractivity contribution is 6.13. The van der Waals surface area contributed by atoms with Gasteiger partial charge >= 0.3 is 5.63 Å². The zero-order valence-corrected chi connectivity index (χ0v) is 15.1. The van der Waals surface area contributed by atoms with E-state index >= 15 is 0 Å². The van der Waals surface area contributed by atoms with Crippen molar-refractivity contribution in [2.24, 2.45) is 0 Å². The van der Waals surface area contributed by atoms with Crippen molar-refractivity contribution in [3.05, 3.63) is 118 Å². The number of hydrogen-bond donors (Lipinski definition) is 0. The van der Waals surface area contributed by atoms with Crippen molar-refractivity contribution in [1.29, 1.82) is 0 Å². The molecular weight excluding hydrogens is 374 g/mol. The fourth-order valence-electron chi connectivity index (χ4n) is 3.06. The molecule has 0 amide bonds. The van der Waals surface area contributed by atoms with Gasteiger partial charge in [0.1, 0.15) is 17.4 Å². The van der Waals surface area contributed by atoms with Crippen LogP contribution in [0.2, 0.25) is 0 Å². The molecule has 142 valence electrons. The van der Waals surface area contributed by atoms with Crippen LogP contribution in [0.3, 0.4) is 0 Å². The van der Waals surface area contributed by atoms with Crippen molar-refractivity contribution in [1.82, 2.24) is 0 Å². The standard InChI is InChI=1S/C24H14F2O3/c25-18-10-6-15(7-11-18)21-14-20(23(27)17-8-12-19(26)13-9-17)22(24(28)29-21)16-4-2-1-3-5-16/h1-14H. The maximum Gasteiger partial charge on any atom is 0.344 e. The zero-order chi connectivity index (χ0) is 20.4. The third-order valence-electron chi connectivity index (χ3n) is 4.49. The number of ketones is 1. The van der Waals surface area contributed by atoms with Gasteiger partial charge in [-0.3, -0.25) is 4.79 Å². The van der Waals surface area contributed by atoms with Crippen LogP contribution in [0.1, 0.15) is 15.9 Å². The molecule has 0 spiro atoms. The highest BCUT2D eigenvalue weighted by Crippen LogP contribution is 2.28. The zero-order valence-electron chi connectivity index (χ0n) is 15.1. The van der Waals surface area contributed by atoms with E-state index in [0.717, 1.165) is 0 Å². The molecule has 1 aromatic heterocycles. The lowest BCUT2D eigenvalue weighted by Crippen LogP contribution is -2.13. The number of carbonyl (C=O) groups excluding carboxylic acids is 1.